The van der Waals surface area contributed by atoms with Gasteiger partial charge in [0.25, 0.3) is 0 Å². The van der Waals surface area contributed by atoms with Crippen LogP contribution in [0.2, 0.25) is 0 Å². The van der Waals surface area contributed by atoms with Crippen molar-refractivity contribution in [1.82, 2.24) is 4.98 Å². The average molecular weight is 446 g/mol. The Morgan fingerprint density at radius 3 is 2.31 bits per heavy atom. The molecule has 5 rings (SSSR count). The third-order valence-electron chi connectivity index (χ3n) is 7.44. The fourth-order valence-electron chi connectivity index (χ4n) is 6.03. The second-order valence-electron chi connectivity index (χ2n) is 10.5. The molecule has 6 heteroatoms. The highest BCUT2D eigenvalue weighted by molar-refractivity contribution is 5.52. The second-order valence-corrected chi connectivity index (χ2v) is 10.5. The molecule has 2 aliphatic carbocycles. The quantitative estimate of drug-likeness (QED) is 0.544. The topological polar surface area (TPSA) is 42.4 Å². The van der Waals surface area contributed by atoms with Gasteiger partial charge in [0, 0.05) is 16.8 Å². The molecule has 3 unspecified atom stereocenters. The minimum Gasteiger partial charge on any atom is -0.388 e. The van der Waals surface area contributed by atoms with E-state index in [9.17, 15) is 18.3 Å². The van der Waals surface area contributed by atoms with Gasteiger partial charge in [0.15, 0.2) is 0 Å². The smallest absolute Gasteiger partial charge is 0.388 e. The summed E-state index contributed by atoms with van der Waals surface area (Å²) in [6, 6.07) is 5.29. The molecule has 1 saturated carbocycles. The molecule has 2 aromatic rings. The van der Waals surface area contributed by atoms with Crippen LogP contribution in [0.3, 0.4) is 0 Å². The van der Waals surface area contributed by atoms with E-state index in [2.05, 4.69) is 13.8 Å². The number of benzene rings is 1. The van der Waals surface area contributed by atoms with Crippen LogP contribution < -0.4 is 0 Å². The van der Waals surface area contributed by atoms with Gasteiger partial charge in [0.1, 0.15) is 6.10 Å². The number of hydrogen-bond acceptors (Lipinski definition) is 3. The summed E-state index contributed by atoms with van der Waals surface area (Å²) in [6.45, 7) is 6.29. The zero-order valence-electron chi connectivity index (χ0n) is 18.8. The molecule has 0 amide bonds. The third kappa shape index (κ3) is 3.65. The van der Waals surface area contributed by atoms with Gasteiger partial charge >= 0.3 is 6.18 Å². The van der Waals surface area contributed by atoms with Crippen LogP contribution in [0.4, 0.5) is 13.2 Å². The van der Waals surface area contributed by atoms with Crippen LogP contribution in [-0.4, -0.2) is 10.1 Å². The van der Waals surface area contributed by atoms with E-state index >= 15 is 0 Å². The average Bonchev–Trinajstić information content (AvgIpc) is 3.34. The molecule has 3 nitrogen and oxygen atoms in total. The number of aliphatic hydroxyl groups excluding tert-OH is 1. The Bertz CT molecular complexity index is 1020. The van der Waals surface area contributed by atoms with E-state index in [1.807, 2.05) is 6.92 Å². The van der Waals surface area contributed by atoms with E-state index in [1.165, 1.54) is 17.7 Å². The molecule has 1 aromatic carbocycles. The van der Waals surface area contributed by atoms with Crippen LogP contribution in [0, 0.1) is 5.41 Å². The Kier molecular flexibility index (Phi) is 5.17. The molecular weight excluding hydrogens is 415 g/mol. The first-order valence-corrected chi connectivity index (χ1v) is 11.6. The van der Waals surface area contributed by atoms with Crippen molar-refractivity contribution in [3.05, 3.63) is 63.5 Å². The number of rotatable bonds is 2. The molecule has 1 aromatic heterocycles. The molecule has 172 valence electrons. The lowest BCUT2D eigenvalue weighted by molar-refractivity contribution is -0.137. The maximum absolute atomic E-state index is 13.1. The summed E-state index contributed by atoms with van der Waals surface area (Å²) < 4.78 is 45.6. The molecule has 0 saturated heterocycles. The third-order valence-corrected chi connectivity index (χ3v) is 7.44. The van der Waals surface area contributed by atoms with E-state index < -0.39 is 23.9 Å². The number of fused-ring (bicyclic) bond motifs is 2. The van der Waals surface area contributed by atoms with Crippen molar-refractivity contribution in [3.8, 4) is 0 Å². The van der Waals surface area contributed by atoms with E-state index in [-0.39, 0.29) is 11.5 Å². The van der Waals surface area contributed by atoms with E-state index in [1.54, 1.807) is 0 Å². The summed E-state index contributed by atoms with van der Waals surface area (Å²) in [5.74, 6) is 0.335. The lowest BCUT2D eigenvalue weighted by Crippen LogP contribution is -2.29. The molecule has 0 bridgehead atoms. The predicted molar refractivity (Wildman–Crippen MR) is 115 cm³/mol. The first kappa shape index (κ1) is 21.9. The monoisotopic (exact) mass is 445 g/mol. The van der Waals surface area contributed by atoms with E-state index in [0.717, 1.165) is 66.8 Å². The van der Waals surface area contributed by atoms with Gasteiger partial charge in [-0.3, -0.25) is 4.98 Å². The second kappa shape index (κ2) is 7.56. The lowest BCUT2D eigenvalue weighted by Gasteiger charge is -2.37. The van der Waals surface area contributed by atoms with Crippen LogP contribution >= 0.6 is 0 Å². The van der Waals surface area contributed by atoms with Crippen LogP contribution in [0.5, 0.6) is 0 Å². The summed E-state index contributed by atoms with van der Waals surface area (Å²) in [5.41, 5.74) is 4.99. The fourth-order valence-corrected chi connectivity index (χ4v) is 6.03. The molecule has 0 spiro atoms. The molecule has 2 heterocycles. The minimum atomic E-state index is -4.37. The van der Waals surface area contributed by atoms with Crippen molar-refractivity contribution >= 4 is 0 Å². The Labute approximate surface area is 187 Å². The van der Waals surface area contributed by atoms with Gasteiger partial charge in [0.05, 0.1) is 23.5 Å². The summed E-state index contributed by atoms with van der Waals surface area (Å²) in [7, 11) is 0. The lowest BCUT2D eigenvalue weighted by atomic mass is 9.71. The predicted octanol–water partition coefficient (Wildman–Crippen LogP) is 6.94. The molecule has 0 radical (unpaired) electrons. The van der Waals surface area contributed by atoms with E-state index in [0.29, 0.717) is 17.9 Å². The van der Waals surface area contributed by atoms with Crippen LogP contribution in [-0.2, 0) is 17.3 Å². The van der Waals surface area contributed by atoms with Crippen LogP contribution in [0.15, 0.2) is 24.3 Å². The zero-order chi connectivity index (χ0) is 22.8. The first-order chi connectivity index (χ1) is 15.0. The fraction of sp³-hybridized carbons (Fsp3) is 0.577. The van der Waals surface area contributed by atoms with Crippen molar-refractivity contribution in [3.63, 3.8) is 0 Å². The van der Waals surface area contributed by atoms with E-state index in [4.69, 9.17) is 9.72 Å². The molecule has 3 aliphatic rings. The largest absolute Gasteiger partial charge is 0.416 e. The Balaban J connectivity index is 1.67. The summed E-state index contributed by atoms with van der Waals surface area (Å²) in [5, 5.41) is 11.2. The SMILES string of the molecule is CC1OC(c2ccc(C(F)(F)F)cc2)c2c1nc1c(c2C2CCCC2)C(O)CC(C)(C)C1. The highest BCUT2D eigenvalue weighted by Gasteiger charge is 2.43. The van der Waals surface area contributed by atoms with Gasteiger partial charge in [-0.05, 0) is 67.2 Å². The number of alkyl halides is 3. The maximum atomic E-state index is 13.1. The van der Waals surface area contributed by atoms with Crippen molar-refractivity contribution in [2.45, 2.75) is 89.7 Å². The number of aromatic nitrogens is 1. The Morgan fingerprint density at radius 2 is 1.69 bits per heavy atom. The Hall–Kier alpha value is -1.92. The normalized spacial score (nSPS) is 27.4. The van der Waals surface area contributed by atoms with Crippen molar-refractivity contribution in [1.29, 1.82) is 0 Å². The standard InChI is InChI=1S/C26H30F3NO2/c1-14-23-22(24(32-14)16-8-10-17(11-9-16)26(27,28)29)20(15-6-4-5-7-15)21-18(30-23)12-25(2,3)13-19(21)31/h8-11,14-15,19,24,31H,4-7,12-13H2,1-3H3. The Morgan fingerprint density at radius 1 is 1.03 bits per heavy atom. The summed E-state index contributed by atoms with van der Waals surface area (Å²) in [4.78, 5) is 5.02. The maximum Gasteiger partial charge on any atom is 0.416 e. The summed E-state index contributed by atoms with van der Waals surface area (Å²) >= 11 is 0. The molecule has 1 fully saturated rings. The highest BCUT2D eigenvalue weighted by Crippen LogP contribution is 2.53. The van der Waals surface area contributed by atoms with Gasteiger partial charge in [-0.25, -0.2) is 0 Å². The number of halogens is 3. The van der Waals surface area contributed by atoms with Gasteiger partial charge in [-0.15, -0.1) is 0 Å². The van der Waals surface area contributed by atoms with Crippen molar-refractivity contribution in [2.75, 3.05) is 0 Å². The van der Waals surface area contributed by atoms with Crippen LogP contribution in [0.1, 0.15) is 116 Å². The van der Waals surface area contributed by atoms with Gasteiger partial charge in [-0.2, -0.15) is 13.2 Å². The zero-order valence-corrected chi connectivity index (χ0v) is 18.8. The van der Waals surface area contributed by atoms with Crippen molar-refractivity contribution < 1.29 is 23.0 Å². The molecule has 1 N–H and O–H groups in total. The first-order valence-electron chi connectivity index (χ1n) is 11.6. The number of pyridine rings is 1. The number of aliphatic hydroxyl groups is 1. The number of nitrogens with zero attached hydrogens (tertiary/aromatic N) is 1. The molecule has 32 heavy (non-hydrogen) atoms. The number of ether oxygens (including phenoxy) is 1. The van der Waals surface area contributed by atoms with Crippen LogP contribution in [0.25, 0.3) is 0 Å². The molecule has 1 aliphatic heterocycles. The number of hydrogen-bond donors (Lipinski definition) is 1. The van der Waals surface area contributed by atoms with Gasteiger partial charge in [-0.1, -0.05) is 38.8 Å². The van der Waals surface area contributed by atoms with Crippen molar-refractivity contribution in [2.24, 2.45) is 5.41 Å². The van der Waals surface area contributed by atoms with Gasteiger partial charge in [0.2, 0.25) is 0 Å². The molecule has 3 atom stereocenters. The highest BCUT2D eigenvalue weighted by atomic mass is 19.4. The summed E-state index contributed by atoms with van der Waals surface area (Å²) in [6.07, 6.45) is 0.270. The minimum absolute atomic E-state index is 0.0316. The van der Waals surface area contributed by atoms with Gasteiger partial charge < -0.3 is 9.84 Å². The molecular formula is C26H30F3NO2.